The van der Waals surface area contributed by atoms with E-state index in [9.17, 15) is 0 Å². The number of pyridine rings is 1. The highest BCUT2D eigenvalue weighted by atomic mass is 127. The van der Waals surface area contributed by atoms with Gasteiger partial charge in [-0.2, -0.15) is 0 Å². The lowest BCUT2D eigenvalue weighted by molar-refractivity contribution is 0.885. The number of rotatable bonds is 3. The standard InChI is InChI=1S/C14H10Cl2IN3/c15-10-5-3-4-9(14(10)16)13(12-8-19-17-20-12)11-6-1-2-7-18-11/h1-8,13H,(H,19,20). The summed E-state index contributed by atoms with van der Waals surface area (Å²) in [5.41, 5.74) is 2.81. The van der Waals surface area contributed by atoms with Crippen LogP contribution in [0, 0.1) is 0 Å². The molecule has 0 saturated heterocycles. The van der Waals surface area contributed by atoms with Crippen molar-refractivity contribution in [3.05, 3.63) is 75.8 Å². The van der Waals surface area contributed by atoms with E-state index in [1.165, 1.54) is 0 Å². The molecule has 1 N–H and O–H groups in total. The molecular formula is C14H10Cl2IN3. The molecule has 20 heavy (non-hydrogen) atoms. The molecule has 3 nitrogen and oxygen atoms in total. The van der Waals surface area contributed by atoms with Crippen LogP contribution in [0.5, 0.6) is 0 Å². The molecule has 1 atom stereocenters. The molecule has 0 aliphatic carbocycles. The summed E-state index contributed by atoms with van der Waals surface area (Å²) in [6.07, 6.45) is 3.72. The van der Waals surface area contributed by atoms with E-state index in [2.05, 4.69) is 11.7 Å². The first-order valence-electron chi connectivity index (χ1n) is 5.92. The Kier molecular flexibility index (Phi) is 4.33. The number of nitrogens with one attached hydrogen (secondary N) is 1. The summed E-state index contributed by atoms with van der Waals surface area (Å²) in [4.78, 5) is 4.45. The first-order chi connectivity index (χ1) is 9.77. The topological polar surface area (TPSA) is 37.3 Å². The lowest BCUT2D eigenvalue weighted by Crippen LogP contribution is -2.06. The van der Waals surface area contributed by atoms with Crippen LogP contribution in [0.25, 0.3) is 0 Å². The van der Waals surface area contributed by atoms with E-state index in [1.54, 1.807) is 12.3 Å². The van der Waals surface area contributed by atoms with Crippen LogP contribution in [0.1, 0.15) is 17.2 Å². The number of halogens is 3. The highest BCUT2D eigenvalue weighted by molar-refractivity contribution is 14.1. The first kappa shape index (κ1) is 14.0. The van der Waals surface area contributed by atoms with E-state index in [4.69, 9.17) is 23.2 Å². The van der Waals surface area contributed by atoms with Gasteiger partial charge in [-0.15, -0.1) is 0 Å². The fourth-order valence-electron chi connectivity index (χ4n) is 2.07. The molecule has 0 spiro atoms. The lowest BCUT2D eigenvalue weighted by Gasteiger charge is -2.17. The number of allylic oxidation sites excluding steroid dienone is 1. The molecule has 0 bridgehead atoms. The zero-order valence-electron chi connectivity index (χ0n) is 10.2. The SMILES string of the molecule is Clc1cccc(C(C2=CNI=N2)c2ccccn2)c1Cl. The molecule has 2 heterocycles. The molecule has 3 rings (SSSR count). The highest BCUT2D eigenvalue weighted by Gasteiger charge is 2.24. The Labute approximate surface area is 137 Å². The quantitative estimate of drug-likeness (QED) is 0.561. The van der Waals surface area contributed by atoms with Gasteiger partial charge in [-0.3, -0.25) is 4.98 Å². The molecule has 1 aromatic carbocycles. The average molecular weight is 418 g/mol. The van der Waals surface area contributed by atoms with Crippen molar-refractivity contribution >= 4 is 44.5 Å². The van der Waals surface area contributed by atoms with Gasteiger partial charge in [0.15, 0.2) is 0 Å². The van der Waals surface area contributed by atoms with Gasteiger partial charge in [0, 0.05) is 12.4 Å². The molecule has 102 valence electrons. The monoisotopic (exact) mass is 417 g/mol. The van der Waals surface area contributed by atoms with Gasteiger partial charge in [-0.05, 0) is 23.8 Å². The Morgan fingerprint density at radius 3 is 2.70 bits per heavy atom. The van der Waals surface area contributed by atoms with Crippen LogP contribution in [-0.2, 0) is 0 Å². The molecular weight excluding hydrogens is 408 g/mol. The molecule has 1 aliphatic rings. The normalized spacial score (nSPS) is 15.2. The van der Waals surface area contributed by atoms with Gasteiger partial charge in [0.25, 0.3) is 0 Å². The Bertz CT molecular complexity index is 686. The second-order valence-corrected chi connectivity index (χ2v) is 6.55. The van der Waals surface area contributed by atoms with Crippen LogP contribution < -0.4 is 3.53 Å². The number of nitrogens with zero attached hydrogens (tertiary/aromatic N) is 2. The maximum Gasteiger partial charge on any atom is 0.117 e. The van der Waals surface area contributed by atoms with Gasteiger partial charge in [0.05, 0.1) is 27.4 Å². The predicted molar refractivity (Wildman–Crippen MR) is 90.2 cm³/mol. The molecule has 0 radical (unpaired) electrons. The third kappa shape index (κ3) is 2.73. The van der Waals surface area contributed by atoms with Crippen molar-refractivity contribution < 1.29 is 0 Å². The second kappa shape index (κ2) is 6.20. The minimum atomic E-state index is -0.355. The maximum absolute atomic E-state index is 6.38. The fraction of sp³-hybridized carbons (Fsp3) is 0.0714. The van der Waals surface area contributed by atoms with Crippen molar-refractivity contribution in [2.45, 2.75) is 5.92 Å². The largest absolute Gasteiger partial charge is 0.324 e. The number of hydrogen-bond acceptors (Lipinski definition) is 3. The molecule has 0 saturated carbocycles. The third-order valence-electron chi connectivity index (χ3n) is 2.96. The van der Waals surface area contributed by atoms with Crippen LogP contribution in [0.3, 0.4) is 0 Å². The van der Waals surface area contributed by atoms with E-state index in [-0.39, 0.29) is 27.2 Å². The first-order valence-corrected chi connectivity index (χ1v) is 8.72. The summed E-state index contributed by atoms with van der Waals surface area (Å²) in [5.74, 6) is -0.0860. The average Bonchev–Trinajstić information content (AvgIpc) is 2.99. The zero-order valence-corrected chi connectivity index (χ0v) is 13.9. The van der Waals surface area contributed by atoms with Crippen molar-refractivity contribution in [1.29, 1.82) is 0 Å². The number of aromatic nitrogens is 1. The Morgan fingerprint density at radius 2 is 2.00 bits per heavy atom. The molecule has 1 aromatic heterocycles. The molecule has 0 amide bonds. The van der Waals surface area contributed by atoms with Crippen molar-refractivity contribution in [3.8, 4) is 0 Å². The number of hydrogen-bond donors (Lipinski definition) is 1. The summed E-state index contributed by atoms with van der Waals surface area (Å²) in [6.45, 7) is 0. The predicted octanol–water partition coefficient (Wildman–Crippen LogP) is 5.03. The van der Waals surface area contributed by atoms with Gasteiger partial charge in [0.2, 0.25) is 0 Å². The maximum atomic E-state index is 6.38. The zero-order chi connectivity index (χ0) is 13.9. The Balaban J connectivity index is 2.15. The molecule has 6 heteroatoms. The van der Waals surface area contributed by atoms with Gasteiger partial charge >= 0.3 is 0 Å². The minimum absolute atomic E-state index is 0.0860. The van der Waals surface area contributed by atoms with Crippen molar-refractivity contribution in [1.82, 2.24) is 8.51 Å². The van der Waals surface area contributed by atoms with E-state index in [1.807, 2.05) is 36.5 Å². The van der Waals surface area contributed by atoms with E-state index in [0.717, 1.165) is 17.0 Å². The second-order valence-electron chi connectivity index (χ2n) is 4.18. The van der Waals surface area contributed by atoms with Gasteiger partial charge in [-0.1, -0.05) is 41.4 Å². The van der Waals surface area contributed by atoms with Gasteiger partial charge < -0.3 is 3.53 Å². The summed E-state index contributed by atoms with van der Waals surface area (Å²) in [7, 11) is 0. The molecule has 0 fully saturated rings. The van der Waals surface area contributed by atoms with Gasteiger partial charge in [0.1, 0.15) is 21.3 Å². The van der Waals surface area contributed by atoms with Crippen LogP contribution in [-0.4, -0.2) is 4.98 Å². The van der Waals surface area contributed by atoms with Crippen molar-refractivity contribution in [2.24, 2.45) is 3.15 Å². The third-order valence-corrected chi connectivity index (χ3v) is 5.18. The fourth-order valence-corrected chi connectivity index (χ4v) is 3.78. The minimum Gasteiger partial charge on any atom is -0.324 e. The molecule has 1 aliphatic heterocycles. The van der Waals surface area contributed by atoms with Crippen LogP contribution in [0.4, 0.5) is 0 Å². The summed E-state index contributed by atoms with van der Waals surface area (Å²) in [6, 6.07) is 11.5. The Hall–Kier alpha value is -0.980. The van der Waals surface area contributed by atoms with Crippen molar-refractivity contribution in [2.75, 3.05) is 0 Å². The molecule has 1 unspecified atom stereocenters. The summed E-state index contributed by atoms with van der Waals surface area (Å²) < 4.78 is 7.78. The van der Waals surface area contributed by atoms with Crippen LogP contribution in [0.2, 0.25) is 10.0 Å². The molecule has 2 aromatic rings. The number of benzene rings is 1. The van der Waals surface area contributed by atoms with E-state index >= 15 is 0 Å². The van der Waals surface area contributed by atoms with Crippen LogP contribution >= 0.6 is 44.5 Å². The Morgan fingerprint density at radius 1 is 1.10 bits per heavy atom. The smallest absolute Gasteiger partial charge is 0.117 e. The van der Waals surface area contributed by atoms with E-state index < -0.39 is 0 Å². The highest BCUT2D eigenvalue weighted by Crippen LogP contribution is 2.40. The van der Waals surface area contributed by atoms with Gasteiger partial charge in [-0.25, -0.2) is 3.15 Å². The summed E-state index contributed by atoms with van der Waals surface area (Å²) in [5, 5.41) is 1.11. The van der Waals surface area contributed by atoms with Crippen molar-refractivity contribution in [3.63, 3.8) is 0 Å². The lowest BCUT2D eigenvalue weighted by atomic mass is 9.92. The summed E-state index contributed by atoms with van der Waals surface area (Å²) >= 11 is 12.2. The van der Waals surface area contributed by atoms with E-state index in [0.29, 0.717) is 10.0 Å². The van der Waals surface area contributed by atoms with Crippen LogP contribution in [0.15, 0.2) is 57.6 Å².